The van der Waals surface area contributed by atoms with Gasteiger partial charge in [-0.1, -0.05) is 40.7 Å². The third-order valence-electron chi connectivity index (χ3n) is 5.49. The van der Waals surface area contributed by atoms with E-state index in [-0.39, 0.29) is 37.2 Å². The van der Waals surface area contributed by atoms with Crippen LogP contribution >= 0.6 is 0 Å². The fourth-order valence-corrected chi connectivity index (χ4v) is 3.30. The van der Waals surface area contributed by atoms with Crippen molar-refractivity contribution in [2.75, 3.05) is 26.9 Å². The smallest absolute Gasteiger partial charge is 0.480 e. The molecule has 1 aromatic rings. The van der Waals surface area contributed by atoms with Crippen molar-refractivity contribution >= 4 is 24.4 Å². The summed E-state index contributed by atoms with van der Waals surface area (Å²) < 4.78 is 30.1. The van der Waals surface area contributed by atoms with Crippen molar-refractivity contribution in [3.8, 4) is 11.5 Å². The SMILES string of the molecule is COC(=O)OCC(C)C(c1ccc(OC(=O)OCCC(C)C)c(OC(=O)OCCC(C)C)c1)[C@H](N)C(=O)O. The lowest BCUT2D eigenvalue weighted by Crippen LogP contribution is -2.40. The maximum Gasteiger partial charge on any atom is 0.513 e. The Hall–Kier alpha value is -3.54. The second kappa shape index (κ2) is 16.3. The van der Waals surface area contributed by atoms with E-state index in [2.05, 4.69) is 4.74 Å². The van der Waals surface area contributed by atoms with Gasteiger partial charge >= 0.3 is 24.4 Å². The molecular formula is C26H39NO11. The zero-order chi connectivity index (χ0) is 28.8. The van der Waals surface area contributed by atoms with Gasteiger partial charge in [-0.15, -0.1) is 0 Å². The first kappa shape index (κ1) is 32.5. The van der Waals surface area contributed by atoms with E-state index in [1.807, 2.05) is 27.7 Å². The molecule has 0 aromatic heterocycles. The Morgan fingerprint density at radius 3 is 1.82 bits per heavy atom. The van der Waals surface area contributed by atoms with Gasteiger partial charge in [-0.05, 0) is 48.3 Å². The van der Waals surface area contributed by atoms with E-state index in [0.29, 0.717) is 24.3 Å². The van der Waals surface area contributed by atoms with Crippen LogP contribution in [0.15, 0.2) is 18.2 Å². The standard InChI is InChI=1S/C26H39NO11/c1-15(2)9-11-34-25(31)37-19-8-7-18(13-20(19)38-26(32)35-12-10-16(3)4)21(22(27)23(28)29)17(5)14-36-24(30)33-6/h7-8,13,15-17,21-22H,9-12,14,27H2,1-6H3,(H,28,29)/t17?,21?,22-/m0/s1. The van der Waals surface area contributed by atoms with Crippen LogP contribution in [0.25, 0.3) is 0 Å². The summed E-state index contributed by atoms with van der Waals surface area (Å²) in [4.78, 5) is 47.7. The molecule has 0 aliphatic heterocycles. The summed E-state index contributed by atoms with van der Waals surface area (Å²) in [5, 5.41) is 9.59. The average Bonchev–Trinajstić information content (AvgIpc) is 2.83. The summed E-state index contributed by atoms with van der Waals surface area (Å²) in [5.74, 6) is -2.56. The first-order chi connectivity index (χ1) is 17.8. The van der Waals surface area contributed by atoms with Gasteiger partial charge in [0.05, 0.1) is 26.9 Å². The Morgan fingerprint density at radius 1 is 0.816 bits per heavy atom. The summed E-state index contributed by atoms with van der Waals surface area (Å²) >= 11 is 0. The predicted molar refractivity (Wildman–Crippen MR) is 135 cm³/mol. The molecule has 0 amide bonds. The normalized spacial score (nSPS) is 13.3. The van der Waals surface area contributed by atoms with Crippen LogP contribution in [0.4, 0.5) is 14.4 Å². The Labute approximate surface area is 222 Å². The fourth-order valence-electron chi connectivity index (χ4n) is 3.30. The highest BCUT2D eigenvalue weighted by molar-refractivity contribution is 5.75. The molecule has 3 N–H and O–H groups in total. The zero-order valence-corrected chi connectivity index (χ0v) is 22.8. The Kier molecular flexibility index (Phi) is 14.0. The number of carbonyl (C=O) groups excluding carboxylic acids is 3. The van der Waals surface area contributed by atoms with Crippen molar-refractivity contribution in [1.29, 1.82) is 0 Å². The van der Waals surface area contributed by atoms with E-state index in [4.69, 9.17) is 29.4 Å². The van der Waals surface area contributed by atoms with Crippen molar-refractivity contribution in [1.82, 2.24) is 0 Å². The number of nitrogens with two attached hydrogens (primary N) is 1. The summed E-state index contributed by atoms with van der Waals surface area (Å²) in [6.07, 6.45) is -1.75. The molecule has 12 heteroatoms. The average molecular weight is 542 g/mol. The van der Waals surface area contributed by atoms with Crippen molar-refractivity contribution in [2.24, 2.45) is 23.5 Å². The second-order valence-electron chi connectivity index (χ2n) is 9.60. The minimum atomic E-state index is -1.41. The summed E-state index contributed by atoms with van der Waals surface area (Å²) in [6, 6.07) is 2.70. The van der Waals surface area contributed by atoms with Crippen molar-refractivity contribution in [2.45, 2.75) is 59.4 Å². The molecule has 2 unspecified atom stereocenters. The molecule has 38 heavy (non-hydrogen) atoms. The van der Waals surface area contributed by atoms with Gasteiger partial charge in [-0.25, -0.2) is 14.4 Å². The minimum absolute atomic E-state index is 0.109. The lowest BCUT2D eigenvalue weighted by atomic mass is 9.82. The van der Waals surface area contributed by atoms with Crippen LogP contribution in [0.2, 0.25) is 0 Å². The first-order valence-corrected chi connectivity index (χ1v) is 12.4. The lowest BCUT2D eigenvalue weighted by Gasteiger charge is -2.27. The number of rotatable bonds is 14. The second-order valence-corrected chi connectivity index (χ2v) is 9.60. The Balaban J connectivity index is 3.28. The minimum Gasteiger partial charge on any atom is -0.480 e. The number of hydrogen-bond acceptors (Lipinski definition) is 11. The molecule has 3 atom stereocenters. The number of carbonyl (C=O) groups is 4. The van der Waals surface area contributed by atoms with Gasteiger partial charge in [0.1, 0.15) is 6.04 Å². The molecule has 1 aromatic carbocycles. The highest BCUT2D eigenvalue weighted by atomic mass is 16.7. The highest BCUT2D eigenvalue weighted by Gasteiger charge is 2.33. The summed E-state index contributed by atoms with van der Waals surface area (Å²) in [5.41, 5.74) is 6.29. The molecule has 0 heterocycles. The molecule has 0 aliphatic rings. The van der Waals surface area contributed by atoms with Crippen molar-refractivity contribution in [3.63, 3.8) is 0 Å². The quantitative estimate of drug-likeness (QED) is 0.189. The third-order valence-corrected chi connectivity index (χ3v) is 5.49. The largest absolute Gasteiger partial charge is 0.513 e. The molecular weight excluding hydrogens is 502 g/mol. The first-order valence-electron chi connectivity index (χ1n) is 12.4. The molecule has 214 valence electrons. The van der Waals surface area contributed by atoms with E-state index in [1.54, 1.807) is 6.92 Å². The maximum absolute atomic E-state index is 12.3. The van der Waals surface area contributed by atoms with Crippen molar-refractivity contribution in [3.05, 3.63) is 23.8 Å². The van der Waals surface area contributed by atoms with E-state index in [9.17, 15) is 24.3 Å². The molecule has 1 rings (SSSR count). The molecule has 0 bridgehead atoms. The topological polar surface area (TPSA) is 170 Å². The highest BCUT2D eigenvalue weighted by Crippen LogP contribution is 2.36. The van der Waals surface area contributed by atoms with E-state index < -0.39 is 42.3 Å². The van der Waals surface area contributed by atoms with Crippen LogP contribution < -0.4 is 15.2 Å². The van der Waals surface area contributed by atoms with Gasteiger partial charge in [-0.2, -0.15) is 0 Å². The van der Waals surface area contributed by atoms with Crippen LogP contribution in [0.3, 0.4) is 0 Å². The number of aliphatic carboxylic acids is 1. The number of carboxylic acids is 1. The Bertz CT molecular complexity index is 932. The fraction of sp³-hybridized carbons (Fsp3) is 0.615. The van der Waals surface area contributed by atoms with E-state index in [1.165, 1.54) is 18.2 Å². The van der Waals surface area contributed by atoms with Crippen LogP contribution in [-0.4, -0.2) is 62.5 Å². The van der Waals surface area contributed by atoms with Crippen LogP contribution in [0, 0.1) is 17.8 Å². The van der Waals surface area contributed by atoms with Gasteiger partial charge in [-0.3, -0.25) is 4.79 Å². The number of hydrogen-bond donors (Lipinski definition) is 2. The summed E-state index contributed by atoms with van der Waals surface area (Å²) in [6.45, 7) is 9.55. The van der Waals surface area contributed by atoms with Crippen LogP contribution in [0.1, 0.15) is 58.9 Å². The van der Waals surface area contributed by atoms with Gasteiger partial charge in [0, 0.05) is 5.92 Å². The van der Waals surface area contributed by atoms with Crippen LogP contribution in [0.5, 0.6) is 11.5 Å². The van der Waals surface area contributed by atoms with Gasteiger partial charge in [0.15, 0.2) is 11.5 Å². The van der Waals surface area contributed by atoms with E-state index >= 15 is 0 Å². The number of carboxylic acid groups (broad SMARTS) is 1. The number of benzene rings is 1. The van der Waals surface area contributed by atoms with Gasteiger partial charge in [0.25, 0.3) is 0 Å². The van der Waals surface area contributed by atoms with Crippen LogP contribution in [-0.2, 0) is 23.7 Å². The number of methoxy groups -OCH3 is 1. The molecule has 0 fully saturated rings. The molecule has 0 saturated heterocycles. The third kappa shape index (κ3) is 11.7. The predicted octanol–water partition coefficient (Wildman–Crippen LogP) is 4.72. The lowest BCUT2D eigenvalue weighted by molar-refractivity contribution is -0.139. The molecule has 0 aliphatic carbocycles. The molecule has 0 radical (unpaired) electrons. The van der Waals surface area contributed by atoms with Gasteiger partial charge in [0.2, 0.25) is 0 Å². The maximum atomic E-state index is 12.3. The molecule has 0 spiro atoms. The summed E-state index contributed by atoms with van der Waals surface area (Å²) in [7, 11) is 1.14. The zero-order valence-electron chi connectivity index (χ0n) is 22.8. The number of ether oxygens (including phenoxy) is 6. The Morgan fingerprint density at radius 2 is 1.34 bits per heavy atom. The van der Waals surface area contributed by atoms with E-state index in [0.717, 1.165) is 7.11 Å². The van der Waals surface area contributed by atoms with Gasteiger partial charge < -0.3 is 39.3 Å². The monoisotopic (exact) mass is 541 g/mol. The molecule has 0 saturated carbocycles. The van der Waals surface area contributed by atoms with Crippen molar-refractivity contribution < 1.29 is 52.7 Å². The molecule has 12 nitrogen and oxygen atoms in total.